The standard InChI is InChI=1S/C16H28N2O4/c1-8-21-13(19)16(10-17,11(2)3)12(4)9-18-14(20)22-15(5,6)7/h11-12H,8-9H2,1-7H3,(H,18,20)/t12-,16?/m1/s1. The lowest BCUT2D eigenvalue weighted by molar-refractivity contribution is -0.157. The van der Waals surface area contributed by atoms with Gasteiger partial charge in [0, 0.05) is 12.5 Å². The van der Waals surface area contributed by atoms with E-state index in [0.717, 1.165) is 0 Å². The molecule has 0 aliphatic rings. The van der Waals surface area contributed by atoms with Gasteiger partial charge in [-0.3, -0.25) is 4.79 Å². The van der Waals surface area contributed by atoms with Crippen molar-refractivity contribution in [2.45, 2.75) is 54.1 Å². The Morgan fingerprint density at radius 2 is 1.77 bits per heavy atom. The van der Waals surface area contributed by atoms with Gasteiger partial charge in [0.15, 0.2) is 5.41 Å². The molecule has 1 unspecified atom stereocenters. The molecule has 0 aliphatic heterocycles. The highest BCUT2D eigenvalue weighted by atomic mass is 16.6. The van der Waals surface area contributed by atoms with Crippen molar-refractivity contribution in [3.63, 3.8) is 0 Å². The summed E-state index contributed by atoms with van der Waals surface area (Å²) in [6.07, 6.45) is -0.571. The molecule has 0 heterocycles. The SMILES string of the molecule is CCOC(=O)C(C#N)(C(C)C)[C@H](C)CNC(=O)OC(C)(C)C. The van der Waals surface area contributed by atoms with E-state index in [0.29, 0.717) is 0 Å². The van der Waals surface area contributed by atoms with Crippen molar-refractivity contribution in [1.29, 1.82) is 5.26 Å². The van der Waals surface area contributed by atoms with Crippen molar-refractivity contribution in [2.75, 3.05) is 13.2 Å². The summed E-state index contributed by atoms with van der Waals surface area (Å²) >= 11 is 0. The van der Waals surface area contributed by atoms with E-state index in [9.17, 15) is 14.9 Å². The van der Waals surface area contributed by atoms with Crippen LogP contribution >= 0.6 is 0 Å². The van der Waals surface area contributed by atoms with Gasteiger partial charge >= 0.3 is 12.1 Å². The molecule has 0 aromatic carbocycles. The lowest BCUT2D eigenvalue weighted by Gasteiger charge is -2.34. The van der Waals surface area contributed by atoms with Crippen LogP contribution in [0, 0.1) is 28.6 Å². The molecule has 22 heavy (non-hydrogen) atoms. The second-order valence-corrected chi connectivity index (χ2v) is 6.64. The minimum atomic E-state index is -1.30. The summed E-state index contributed by atoms with van der Waals surface area (Å²) in [5.41, 5.74) is -1.90. The van der Waals surface area contributed by atoms with Crippen LogP contribution in [0.4, 0.5) is 4.79 Å². The number of alkyl carbamates (subject to hydrolysis) is 1. The number of carbonyl (C=O) groups excluding carboxylic acids is 2. The van der Waals surface area contributed by atoms with Crippen LogP contribution in [0.1, 0.15) is 48.5 Å². The Hall–Kier alpha value is -1.77. The molecule has 0 saturated heterocycles. The predicted molar refractivity (Wildman–Crippen MR) is 82.9 cm³/mol. The Kier molecular flexibility index (Phi) is 7.37. The number of hydrogen-bond acceptors (Lipinski definition) is 5. The van der Waals surface area contributed by atoms with Crippen LogP contribution in [0.5, 0.6) is 0 Å². The van der Waals surface area contributed by atoms with E-state index in [2.05, 4.69) is 11.4 Å². The summed E-state index contributed by atoms with van der Waals surface area (Å²) in [7, 11) is 0. The van der Waals surface area contributed by atoms with Crippen molar-refractivity contribution in [1.82, 2.24) is 5.32 Å². The third-order valence-electron chi connectivity index (χ3n) is 3.44. The largest absolute Gasteiger partial charge is 0.465 e. The van der Waals surface area contributed by atoms with E-state index in [4.69, 9.17) is 9.47 Å². The molecular formula is C16H28N2O4. The summed E-state index contributed by atoms with van der Waals surface area (Å²) in [4.78, 5) is 24.0. The number of rotatable bonds is 6. The zero-order valence-corrected chi connectivity index (χ0v) is 14.6. The van der Waals surface area contributed by atoms with E-state index in [1.54, 1.807) is 48.5 Å². The molecule has 0 rings (SSSR count). The zero-order chi connectivity index (χ0) is 17.6. The first-order chi connectivity index (χ1) is 10.0. The molecule has 0 aromatic rings. The normalized spacial score (nSPS) is 15.4. The van der Waals surface area contributed by atoms with Gasteiger partial charge in [0.05, 0.1) is 12.7 Å². The molecule has 1 N–H and O–H groups in total. The Morgan fingerprint density at radius 1 is 1.23 bits per heavy atom. The van der Waals surface area contributed by atoms with Crippen molar-refractivity contribution in [3.05, 3.63) is 0 Å². The summed E-state index contributed by atoms with van der Waals surface area (Å²) in [5.74, 6) is -1.21. The number of hydrogen-bond donors (Lipinski definition) is 1. The Morgan fingerprint density at radius 3 is 2.14 bits per heavy atom. The maximum atomic E-state index is 12.3. The molecule has 126 valence electrons. The van der Waals surface area contributed by atoms with Gasteiger partial charge in [-0.25, -0.2) is 4.79 Å². The Bertz CT molecular complexity index is 434. The average molecular weight is 312 g/mol. The predicted octanol–water partition coefficient (Wildman–Crippen LogP) is 2.88. The molecular weight excluding hydrogens is 284 g/mol. The monoisotopic (exact) mass is 312 g/mol. The number of ether oxygens (including phenoxy) is 2. The third-order valence-corrected chi connectivity index (χ3v) is 3.44. The van der Waals surface area contributed by atoms with Gasteiger partial charge in [-0.1, -0.05) is 20.8 Å². The van der Waals surface area contributed by atoms with E-state index in [1.165, 1.54) is 0 Å². The van der Waals surface area contributed by atoms with Crippen LogP contribution in [0.2, 0.25) is 0 Å². The fourth-order valence-electron chi connectivity index (χ4n) is 2.25. The van der Waals surface area contributed by atoms with Crippen LogP contribution in [-0.4, -0.2) is 30.8 Å². The number of carbonyl (C=O) groups is 2. The van der Waals surface area contributed by atoms with Crippen LogP contribution < -0.4 is 5.32 Å². The summed E-state index contributed by atoms with van der Waals surface area (Å²) in [5, 5.41) is 12.2. The molecule has 0 bridgehead atoms. The molecule has 0 aliphatic carbocycles. The third kappa shape index (κ3) is 5.21. The maximum absolute atomic E-state index is 12.3. The molecule has 0 spiro atoms. The maximum Gasteiger partial charge on any atom is 0.407 e. The fraction of sp³-hybridized carbons (Fsp3) is 0.812. The fourth-order valence-corrected chi connectivity index (χ4v) is 2.25. The van der Waals surface area contributed by atoms with E-state index in [1.807, 2.05) is 0 Å². The van der Waals surface area contributed by atoms with Crippen molar-refractivity contribution in [2.24, 2.45) is 17.3 Å². The number of nitrogens with one attached hydrogen (secondary N) is 1. The number of nitrogens with zero attached hydrogens (tertiary/aromatic N) is 1. The second-order valence-electron chi connectivity index (χ2n) is 6.64. The van der Waals surface area contributed by atoms with Gasteiger partial charge in [-0.2, -0.15) is 5.26 Å². The van der Waals surface area contributed by atoms with Crippen molar-refractivity contribution < 1.29 is 19.1 Å². The van der Waals surface area contributed by atoms with E-state index in [-0.39, 0.29) is 19.1 Å². The Labute approximate surface area is 133 Å². The highest BCUT2D eigenvalue weighted by molar-refractivity contribution is 5.81. The minimum Gasteiger partial charge on any atom is -0.465 e. The minimum absolute atomic E-state index is 0.152. The molecule has 0 fully saturated rings. The molecule has 0 radical (unpaired) electrons. The highest BCUT2D eigenvalue weighted by Crippen LogP contribution is 2.36. The van der Waals surface area contributed by atoms with Gasteiger partial charge < -0.3 is 14.8 Å². The first kappa shape index (κ1) is 20.2. The number of esters is 1. The molecule has 0 aromatic heterocycles. The van der Waals surface area contributed by atoms with Crippen LogP contribution in [0.3, 0.4) is 0 Å². The number of amides is 1. The van der Waals surface area contributed by atoms with E-state index < -0.39 is 29.0 Å². The van der Waals surface area contributed by atoms with Gasteiger partial charge in [0.1, 0.15) is 5.60 Å². The molecule has 1 amide bonds. The lowest BCUT2D eigenvalue weighted by atomic mass is 9.69. The van der Waals surface area contributed by atoms with Crippen LogP contribution in [0.25, 0.3) is 0 Å². The van der Waals surface area contributed by atoms with Crippen molar-refractivity contribution >= 4 is 12.1 Å². The summed E-state index contributed by atoms with van der Waals surface area (Å²) in [6.45, 7) is 12.7. The quantitative estimate of drug-likeness (QED) is 0.762. The topological polar surface area (TPSA) is 88.4 Å². The smallest absolute Gasteiger partial charge is 0.407 e. The second kappa shape index (κ2) is 8.02. The Balaban J connectivity index is 5.01. The first-order valence-corrected chi connectivity index (χ1v) is 7.56. The van der Waals surface area contributed by atoms with Crippen molar-refractivity contribution in [3.8, 4) is 6.07 Å². The first-order valence-electron chi connectivity index (χ1n) is 7.56. The number of nitriles is 1. The van der Waals surface area contributed by atoms with E-state index >= 15 is 0 Å². The lowest BCUT2D eigenvalue weighted by Crippen LogP contribution is -2.47. The summed E-state index contributed by atoms with van der Waals surface area (Å²) < 4.78 is 10.2. The zero-order valence-electron chi connectivity index (χ0n) is 14.6. The highest BCUT2D eigenvalue weighted by Gasteiger charge is 2.48. The average Bonchev–Trinajstić information content (AvgIpc) is 2.35. The molecule has 0 saturated carbocycles. The molecule has 6 heteroatoms. The van der Waals surface area contributed by atoms with Gasteiger partial charge in [0.25, 0.3) is 0 Å². The van der Waals surface area contributed by atoms with Crippen LogP contribution in [-0.2, 0) is 14.3 Å². The molecule has 2 atom stereocenters. The summed E-state index contributed by atoms with van der Waals surface area (Å²) in [6, 6.07) is 2.10. The van der Waals surface area contributed by atoms with Gasteiger partial charge in [-0.15, -0.1) is 0 Å². The van der Waals surface area contributed by atoms with Gasteiger partial charge in [0.2, 0.25) is 0 Å². The van der Waals surface area contributed by atoms with Gasteiger partial charge in [-0.05, 0) is 33.6 Å². The molecule has 6 nitrogen and oxygen atoms in total. The van der Waals surface area contributed by atoms with Crippen LogP contribution in [0.15, 0.2) is 0 Å².